The summed E-state index contributed by atoms with van der Waals surface area (Å²) in [7, 11) is 0. The SMILES string of the molecule is Cc1cc(C)c(NC(=O)CSc2nnnn2Cc2ccco2)c(C)c1. The van der Waals surface area contributed by atoms with Crippen LogP contribution in [0.2, 0.25) is 0 Å². The number of aromatic nitrogens is 4. The van der Waals surface area contributed by atoms with Gasteiger partial charge in [0.05, 0.1) is 12.0 Å². The van der Waals surface area contributed by atoms with Crippen LogP contribution in [0.3, 0.4) is 0 Å². The number of carbonyl (C=O) groups excluding carboxylic acids is 1. The van der Waals surface area contributed by atoms with Crippen LogP contribution in [0, 0.1) is 20.8 Å². The molecule has 130 valence electrons. The smallest absolute Gasteiger partial charge is 0.234 e. The van der Waals surface area contributed by atoms with Gasteiger partial charge < -0.3 is 9.73 Å². The maximum Gasteiger partial charge on any atom is 0.234 e. The predicted molar refractivity (Wildman–Crippen MR) is 95.6 cm³/mol. The number of furan rings is 1. The first-order valence-electron chi connectivity index (χ1n) is 7.82. The number of benzene rings is 1. The quantitative estimate of drug-likeness (QED) is 0.683. The fraction of sp³-hybridized carbons (Fsp3) is 0.294. The molecule has 0 bridgehead atoms. The molecule has 0 fully saturated rings. The van der Waals surface area contributed by atoms with Crippen molar-refractivity contribution in [2.45, 2.75) is 32.5 Å². The molecule has 0 atom stereocenters. The molecule has 0 spiro atoms. The lowest BCUT2D eigenvalue weighted by atomic mass is 10.1. The van der Waals surface area contributed by atoms with E-state index in [1.807, 2.05) is 32.9 Å². The van der Waals surface area contributed by atoms with Gasteiger partial charge in [-0.05, 0) is 54.5 Å². The third-order valence-corrected chi connectivity index (χ3v) is 4.62. The molecule has 0 saturated carbocycles. The predicted octanol–water partition coefficient (Wildman–Crippen LogP) is 2.97. The van der Waals surface area contributed by atoms with Crippen LogP contribution in [0.15, 0.2) is 40.1 Å². The second-order valence-corrected chi connectivity index (χ2v) is 6.75. The zero-order valence-corrected chi connectivity index (χ0v) is 15.1. The highest BCUT2D eigenvalue weighted by Gasteiger charge is 2.13. The van der Waals surface area contributed by atoms with Crippen molar-refractivity contribution >= 4 is 23.4 Å². The molecule has 1 amide bonds. The maximum absolute atomic E-state index is 12.3. The number of amides is 1. The van der Waals surface area contributed by atoms with Gasteiger partial charge in [-0.25, -0.2) is 4.68 Å². The second kappa shape index (κ2) is 7.52. The first-order valence-corrected chi connectivity index (χ1v) is 8.80. The molecule has 1 N–H and O–H groups in total. The largest absolute Gasteiger partial charge is 0.467 e. The van der Waals surface area contributed by atoms with Crippen LogP contribution in [0.4, 0.5) is 5.69 Å². The van der Waals surface area contributed by atoms with E-state index >= 15 is 0 Å². The molecule has 1 aromatic carbocycles. The number of aryl methyl sites for hydroxylation is 3. The highest BCUT2D eigenvalue weighted by molar-refractivity contribution is 7.99. The van der Waals surface area contributed by atoms with Crippen LogP contribution in [0.1, 0.15) is 22.5 Å². The summed E-state index contributed by atoms with van der Waals surface area (Å²) < 4.78 is 6.91. The summed E-state index contributed by atoms with van der Waals surface area (Å²) >= 11 is 1.29. The van der Waals surface area contributed by atoms with Gasteiger partial charge in [-0.3, -0.25) is 4.79 Å². The fourth-order valence-electron chi connectivity index (χ4n) is 2.63. The summed E-state index contributed by atoms with van der Waals surface area (Å²) in [6.07, 6.45) is 1.60. The Morgan fingerprint density at radius 1 is 1.28 bits per heavy atom. The lowest BCUT2D eigenvalue weighted by molar-refractivity contribution is -0.113. The Balaban J connectivity index is 1.61. The van der Waals surface area contributed by atoms with Crippen LogP contribution >= 0.6 is 11.8 Å². The minimum atomic E-state index is -0.0902. The molecule has 2 aromatic heterocycles. The first-order chi connectivity index (χ1) is 12.0. The number of thioether (sulfide) groups is 1. The molecule has 3 aromatic rings. The van der Waals surface area contributed by atoms with E-state index in [0.717, 1.165) is 22.6 Å². The van der Waals surface area contributed by atoms with Crippen molar-refractivity contribution in [2.24, 2.45) is 0 Å². The van der Waals surface area contributed by atoms with Crippen molar-refractivity contribution in [2.75, 3.05) is 11.1 Å². The molecular formula is C17H19N5O2S. The lowest BCUT2D eigenvalue weighted by Crippen LogP contribution is -2.16. The third-order valence-electron chi connectivity index (χ3n) is 3.66. The normalized spacial score (nSPS) is 10.8. The Kier molecular flexibility index (Phi) is 5.18. The van der Waals surface area contributed by atoms with Crippen LogP contribution in [-0.2, 0) is 11.3 Å². The molecule has 0 unspecified atom stereocenters. The van der Waals surface area contributed by atoms with Crippen molar-refractivity contribution in [1.29, 1.82) is 0 Å². The van der Waals surface area contributed by atoms with Crippen LogP contribution < -0.4 is 5.32 Å². The van der Waals surface area contributed by atoms with E-state index in [0.29, 0.717) is 11.7 Å². The molecule has 0 aliphatic heterocycles. The van der Waals surface area contributed by atoms with Crippen molar-refractivity contribution < 1.29 is 9.21 Å². The summed E-state index contributed by atoms with van der Waals surface area (Å²) in [5, 5.41) is 15.1. The van der Waals surface area contributed by atoms with Gasteiger partial charge in [-0.15, -0.1) is 5.10 Å². The molecule has 3 rings (SSSR count). The van der Waals surface area contributed by atoms with E-state index in [9.17, 15) is 4.79 Å². The molecule has 0 aliphatic carbocycles. The van der Waals surface area contributed by atoms with Gasteiger partial charge in [-0.1, -0.05) is 29.5 Å². The van der Waals surface area contributed by atoms with Crippen LogP contribution in [0.5, 0.6) is 0 Å². The summed E-state index contributed by atoms with van der Waals surface area (Å²) in [6, 6.07) is 7.78. The number of hydrogen-bond acceptors (Lipinski definition) is 6. The summed E-state index contributed by atoms with van der Waals surface area (Å²) in [5.74, 6) is 0.891. The van der Waals surface area contributed by atoms with E-state index in [4.69, 9.17) is 4.42 Å². The highest BCUT2D eigenvalue weighted by Crippen LogP contribution is 2.23. The van der Waals surface area contributed by atoms with E-state index < -0.39 is 0 Å². The second-order valence-electron chi connectivity index (χ2n) is 5.81. The van der Waals surface area contributed by atoms with Gasteiger partial charge in [0, 0.05) is 5.69 Å². The molecule has 0 saturated heterocycles. The standard InChI is InChI=1S/C17H19N5O2S/c1-11-7-12(2)16(13(3)8-11)18-15(23)10-25-17-19-20-21-22(17)9-14-5-4-6-24-14/h4-8H,9-10H2,1-3H3,(H,18,23). The topological polar surface area (TPSA) is 85.8 Å². The van der Waals surface area contributed by atoms with Crippen molar-refractivity contribution in [1.82, 2.24) is 20.2 Å². The molecular weight excluding hydrogens is 338 g/mol. The number of tetrazole rings is 1. The Morgan fingerprint density at radius 3 is 2.72 bits per heavy atom. The van der Waals surface area contributed by atoms with Gasteiger partial charge in [0.15, 0.2) is 0 Å². The fourth-order valence-corrected chi connectivity index (χ4v) is 3.31. The Bertz CT molecular complexity index is 850. The van der Waals surface area contributed by atoms with Gasteiger partial charge >= 0.3 is 0 Å². The minimum absolute atomic E-state index is 0.0902. The van der Waals surface area contributed by atoms with Crippen molar-refractivity contribution in [3.63, 3.8) is 0 Å². The van der Waals surface area contributed by atoms with Crippen LogP contribution in [0.25, 0.3) is 0 Å². The van der Waals surface area contributed by atoms with Crippen molar-refractivity contribution in [3.8, 4) is 0 Å². The number of nitrogens with one attached hydrogen (secondary N) is 1. The summed E-state index contributed by atoms with van der Waals surface area (Å²) in [5.41, 5.74) is 4.16. The molecule has 2 heterocycles. The van der Waals surface area contributed by atoms with Gasteiger partial charge in [0.2, 0.25) is 11.1 Å². The number of anilines is 1. The number of carbonyl (C=O) groups is 1. The van der Waals surface area contributed by atoms with E-state index in [1.165, 1.54) is 17.3 Å². The van der Waals surface area contributed by atoms with Crippen molar-refractivity contribution in [3.05, 3.63) is 53.0 Å². The molecule has 0 aliphatic rings. The highest BCUT2D eigenvalue weighted by atomic mass is 32.2. The average Bonchev–Trinajstić information content (AvgIpc) is 3.21. The first kappa shape index (κ1) is 17.2. The zero-order valence-electron chi connectivity index (χ0n) is 14.3. The minimum Gasteiger partial charge on any atom is -0.467 e. The molecule has 0 radical (unpaired) electrons. The van der Waals surface area contributed by atoms with E-state index in [-0.39, 0.29) is 11.7 Å². The van der Waals surface area contributed by atoms with E-state index in [1.54, 1.807) is 10.9 Å². The average molecular weight is 357 g/mol. The molecule has 7 nitrogen and oxygen atoms in total. The maximum atomic E-state index is 12.3. The number of nitrogens with zero attached hydrogens (tertiary/aromatic N) is 4. The zero-order chi connectivity index (χ0) is 17.8. The molecule has 8 heteroatoms. The van der Waals surface area contributed by atoms with Crippen LogP contribution in [-0.4, -0.2) is 31.9 Å². The number of hydrogen-bond donors (Lipinski definition) is 1. The lowest BCUT2D eigenvalue weighted by Gasteiger charge is -2.12. The van der Waals surface area contributed by atoms with Gasteiger partial charge in [0.1, 0.15) is 12.3 Å². The van der Waals surface area contributed by atoms with Gasteiger partial charge in [0.25, 0.3) is 0 Å². The Labute approximate surface area is 149 Å². The Hall–Kier alpha value is -2.61. The summed E-state index contributed by atoms with van der Waals surface area (Å²) in [4.78, 5) is 12.3. The monoisotopic (exact) mass is 357 g/mol. The Morgan fingerprint density at radius 2 is 2.04 bits per heavy atom. The number of rotatable bonds is 6. The van der Waals surface area contributed by atoms with Gasteiger partial charge in [-0.2, -0.15) is 0 Å². The summed E-state index contributed by atoms with van der Waals surface area (Å²) in [6.45, 7) is 6.46. The van der Waals surface area contributed by atoms with E-state index in [2.05, 4.69) is 33.0 Å². The third kappa shape index (κ3) is 4.27. The molecule has 25 heavy (non-hydrogen) atoms.